The Hall–Kier alpha value is -8.92. The molecular weight excluding hydrogens is 813 g/mol. The Balaban J connectivity index is 0.816. The van der Waals surface area contributed by atoms with E-state index >= 15 is 0 Å². The van der Waals surface area contributed by atoms with Crippen molar-refractivity contribution in [3.63, 3.8) is 0 Å². The third-order valence-corrected chi connectivity index (χ3v) is 13.4. The van der Waals surface area contributed by atoms with Gasteiger partial charge in [-0.1, -0.05) is 176 Å². The average molecular weight is 855 g/mol. The minimum Gasteiger partial charge on any atom is -0.456 e. The molecule has 13 aromatic rings. The largest absolute Gasteiger partial charge is 0.456 e. The molecule has 0 aliphatic rings. The summed E-state index contributed by atoms with van der Waals surface area (Å²) in [5.41, 5.74) is 18.0. The molecule has 3 nitrogen and oxygen atoms in total. The number of aromatic nitrogens is 1. The Morgan fingerprint density at radius 2 is 0.791 bits per heavy atom. The van der Waals surface area contributed by atoms with E-state index < -0.39 is 0 Å². The lowest BCUT2D eigenvalue weighted by atomic mass is 9.94. The summed E-state index contributed by atoms with van der Waals surface area (Å²) in [5, 5.41) is 7.23. The summed E-state index contributed by atoms with van der Waals surface area (Å²) in [6.07, 6.45) is 0. The second kappa shape index (κ2) is 16.0. The van der Waals surface area contributed by atoms with Crippen molar-refractivity contribution >= 4 is 71.6 Å². The highest BCUT2D eigenvalue weighted by molar-refractivity contribution is 6.09. The van der Waals surface area contributed by atoms with Gasteiger partial charge in [-0.05, 0) is 134 Å². The third-order valence-electron chi connectivity index (χ3n) is 13.4. The van der Waals surface area contributed by atoms with Crippen LogP contribution in [-0.2, 0) is 0 Å². The zero-order valence-electron chi connectivity index (χ0n) is 36.6. The van der Waals surface area contributed by atoms with Crippen LogP contribution in [0.3, 0.4) is 0 Å². The van der Waals surface area contributed by atoms with Gasteiger partial charge in [-0.25, -0.2) is 0 Å². The molecule has 0 atom stereocenters. The highest BCUT2D eigenvalue weighted by Gasteiger charge is 2.17. The Morgan fingerprint density at radius 3 is 1.49 bits per heavy atom. The zero-order chi connectivity index (χ0) is 44.3. The Bertz CT molecular complexity index is 3920. The van der Waals surface area contributed by atoms with Crippen molar-refractivity contribution in [1.82, 2.24) is 4.57 Å². The molecule has 0 spiro atoms. The van der Waals surface area contributed by atoms with Crippen LogP contribution in [0.15, 0.2) is 259 Å². The van der Waals surface area contributed by atoms with Gasteiger partial charge < -0.3 is 13.9 Å². The average Bonchev–Trinajstić information content (AvgIpc) is 3.95. The standard InChI is InChI=1S/C64H42N2O/c1-2-13-48-41-54(38-30-43(48)12-1)65(52-36-31-47(32-37-52)55-16-3-4-17-56(55)50-33-39-60-59-20-7-10-23-63(59)67-64(60)42-50)51-34-28-45(29-35-51)44-24-26-46(27-25-44)49-14-11-15-53(40-49)66-61-21-8-5-18-57(61)58-19-6-9-22-62(58)66/h1-42H. The molecule has 0 saturated heterocycles. The monoisotopic (exact) mass is 854 g/mol. The molecule has 2 aromatic heterocycles. The fourth-order valence-electron chi connectivity index (χ4n) is 10.1. The number of rotatable bonds is 8. The van der Waals surface area contributed by atoms with Crippen LogP contribution in [0, 0.1) is 0 Å². The number of benzene rings is 11. The number of nitrogens with zero attached hydrogens (tertiary/aromatic N) is 2. The SMILES string of the molecule is c1cc(-c2ccc(-c3ccc(N(c4ccc(-c5ccccc5-c5ccc6c(c5)oc5ccccc56)cc4)c4ccc5ccccc5c4)cc3)cc2)cc(-n2c3ccccc3c3ccccc32)c1. The van der Waals surface area contributed by atoms with Crippen molar-refractivity contribution in [2.45, 2.75) is 0 Å². The first-order valence-corrected chi connectivity index (χ1v) is 22.9. The van der Waals surface area contributed by atoms with Crippen LogP contribution in [0.2, 0.25) is 0 Å². The van der Waals surface area contributed by atoms with E-state index in [2.05, 4.69) is 252 Å². The van der Waals surface area contributed by atoms with Crippen molar-refractivity contribution in [2.24, 2.45) is 0 Å². The van der Waals surface area contributed by atoms with E-state index in [-0.39, 0.29) is 0 Å². The first-order valence-electron chi connectivity index (χ1n) is 22.9. The van der Waals surface area contributed by atoms with E-state index in [0.717, 1.165) is 55.8 Å². The predicted molar refractivity (Wildman–Crippen MR) is 282 cm³/mol. The first kappa shape index (κ1) is 38.5. The predicted octanol–water partition coefficient (Wildman–Crippen LogP) is 18.0. The van der Waals surface area contributed by atoms with Gasteiger partial charge in [0.1, 0.15) is 11.2 Å². The van der Waals surface area contributed by atoms with Gasteiger partial charge in [-0.15, -0.1) is 0 Å². The molecule has 13 rings (SSSR count). The van der Waals surface area contributed by atoms with Gasteiger partial charge in [-0.3, -0.25) is 0 Å². The van der Waals surface area contributed by atoms with Gasteiger partial charge in [0.15, 0.2) is 0 Å². The fourth-order valence-corrected chi connectivity index (χ4v) is 10.1. The van der Waals surface area contributed by atoms with Crippen LogP contribution in [0.25, 0.3) is 105 Å². The fraction of sp³-hybridized carbons (Fsp3) is 0. The topological polar surface area (TPSA) is 21.3 Å². The highest BCUT2D eigenvalue weighted by Crippen LogP contribution is 2.41. The van der Waals surface area contributed by atoms with Gasteiger partial charge in [0, 0.05) is 44.3 Å². The van der Waals surface area contributed by atoms with Crippen molar-refractivity contribution in [3.05, 3.63) is 255 Å². The van der Waals surface area contributed by atoms with Crippen LogP contribution in [0.1, 0.15) is 0 Å². The van der Waals surface area contributed by atoms with Crippen LogP contribution >= 0.6 is 0 Å². The third kappa shape index (κ3) is 6.76. The number of furan rings is 1. The maximum atomic E-state index is 6.29. The molecule has 3 heteroatoms. The normalized spacial score (nSPS) is 11.6. The number of para-hydroxylation sites is 3. The summed E-state index contributed by atoms with van der Waals surface area (Å²) in [7, 11) is 0. The zero-order valence-corrected chi connectivity index (χ0v) is 36.6. The summed E-state index contributed by atoms with van der Waals surface area (Å²) < 4.78 is 8.67. The summed E-state index contributed by atoms with van der Waals surface area (Å²) in [6, 6.07) is 91.9. The van der Waals surface area contributed by atoms with Crippen molar-refractivity contribution in [2.75, 3.05) is 4.90 Å². The van der Waals surface area contributed by atoms with Crippen molar-refractivity contribution in [3.8, 4) is 50.2 Å². The van der Waals surface area contributed by atoms with E-state index in [9.17, 15) is 0 Å². The van der Waals surface area contributed by atoms with E-state index in [1.54, 1.807) is 0 Å². The van der Waals surface area contributed by atoms with Crippen molar-refractivity contribution in [1.29, 1.82) is 0 Å². The second-order valence-electron chi connectivity index (χ2n) is 17.3. The summed E-state index contributed by atoms with van der Waals surface area (Å²) in [5.74, 6) is 0. The van der Waals surface area contributed by atoms with Crippen LogP contribution in [0.5, 0.6) is 0 Å². The molecule has 0 fully saturated rings. The van der Waals surface area contributed by atoms with E-state index in [4.69, 9.17) is 4.42 Å². The number of hydrogen-bond donors (Lipinski definition) is 0. The van der Waals surface area contributed by atoms with Gasteiger partial charge in [0.05, 0.1) is 11.0 Å². The molecule has 0 bridgehead atoms. The smallest absolute Gasteiger partial charge is 0.136 e. The molecule has 11 aromatic carbocycles. The lowest BCUT2D eigenvalue weighted by Gasteiger charge is -2.26. The van der Waals surface area contributed by atoms with Gasteiger partial charge in [0.2, 0.25) is 0 Å². The van der Waals surface area contributed by atoms with Gasteiger partial charge in [0.25, 0.3) is 0 Å². The van der Waals surface area contributed by atoms with Gasteiger partial charge in [-0.2, -0.15) is 0 Å². The molecule has 0 radical (unpaired) electrons. The van der Waals surface area contributed by atoms with E-state index in [0.29, 0.717) is 0 Å². The first-order chi connectivity index (χ1) is 33.2. The highest BCUT2D eigenvalue weighted by atomic mass is 16.3. The molecule has 0 amide bonds. The molecule has 314 valence electrons. The van der Waals surface area contributed by atoms with E-state index in [1.165, 1.54) is 66.0 Å². The summed E-state index contributed by atoms with van der Waals surface area (Å²) >= 11 is 0. The minimum atomic E-state index is 0.899. The molecule has 0 aliphatic heterocycles. The van der Waals surface area contributed by atoms with Crippen LogP contribution in [0.4, 0.5) is 17.1 Å². The minimum absolute atomic E-state index is 0.899. The number of fused-ring (bicyclic) bond motifs is 7. The maximum absolute atomic E-state index is 6.29. The molecule has 0 saturated carbocycles. The quantitative estimate of drug-likeness (QED) is 0.152. The molecule has 0 aliphatic carbocycles. The Kier molecular flexibility index (Phi) is 9.17. The summed E-state index contributed by atoms with van der Waals surface area (Å²) in [6.45, 7) is 0. The molecular formula is C64H42N2O. The molecule has 0 N–H and O–H groups in total. The second-order valence-corrected chi connectivity index (χ2v) is 17.3. The van der Waals surface area contributed by atoms with Gasteiger partial charge >= 0.3 is 0 Å². The Labute approximate surface area is 388 Å². The van der Waals surface area contributed by atoms with Crippen molar-refractivity contribution < 1.29 is 4.42 Å². The number of anilines is 3. The summed E-state index contributed by atoms with van der Waals surface area (Å²) in [4.78, 5) is 2.36. The molecule has 2 heterocycles. The van der Waals surface area contributed by atoms with Crippen LogP contribution < -0.4 is 4.90 Å². The Morgan fingerprint density at radius 1 is 0.284 bits per heavy atom. The lowest BCUT2D eigenvalue weighted by molar-refractivity contribution is 0.669. The van der Waals surface area contributed by atoms with E-state index in [1.807, 2.05) is 12.1 Å². The molecule has 0 unspecified atom stereocenters. The lowest BCUT2D eigenvalue weighted by Crippen LogP contribution is -2.09. The number of hydrogen-bond acceptors (Lipinski definition) is 2. The van der Waals surface area contributed by atoms with Crippen LogP contribution in [-0.4, -0.2) is 4.57 Å². The maximum Gasteiger partial charge on any atom is 0.136 e. The molecule has 67 heavy (non-hydrogen) atoms.